The minimum absolute atomic E-state index is 0.179. The van der Waals surface area contributed by atoms with E-state index in [1.807, 2.05) is 17.0 Å². The van der Waals surface area contributed by atoms with Crippen LogP contribution in [0.4, 0.5) is 10.5 Å². The van der Waals surface area contributed by atoms with Gasteiger partial charge in [-0.2, -0.15) is 0 Å². The van der Waals surface area contributed by atoms with Gasteiger partial charge in [-0.15, -0.1) is 0 Å². The first-order chi connectivity index (χ1) is 15.7. The number of hydrogen-bond donors (Lipinski definition) is 1. The first-order valence-electron chi connectivity index (χ1n) is 12.7. The van der Waals surface area contributed by atoms with Gasteiger partial charge >= 0.3 is 6.03 Å². The van der Waals surface area contributed by atoms with Gasteiger partial charge in [0.15, 0.2) is 0 Å². The highest BCUT2D eigenvalue weighted by molar-refractivity contribution is 5.93. The number of hydrogen-bond acceptors (Lipinski definition) is 4. The number of carbonyl (C=O) groups excluding carboxylic acids is 1. The summed E-state index contributed by atoms with van der Waals surface area (Å²) in [6.07, 6.45) is 15.0. The monoisotopic (exact) mass is 438 g/mol. The highest BCUT2D eigenvalue weighted by atomic mass is 16.5. The fourth-order valence-electron chi connectivity index (χ4n) is 5.97. The molecular formula is C26H38N4O2. The van der Waals surface area contributed by atoms with E-state index in [0.29, 0.717) is 18.2 Å². The summed E-state index contributed by atoms with van der Waals surface area (Å²) in [6.45, 7) is 5.16. The minimum Gasteiger partial charge on any atom is -0.490 e. The van der Waals surface area contributed by atoms with Gasteiger partial charge in [-0.25, -0.2) is 4.79 Å². The number of urea groups is 1. The predicted octanol–water partition coefficient (Wildman–Crippen LogP) is 4.72. The smallest absolute Gasteiger partial charge is 0.324 e. The topological polar surface area (TPSA) is 48.0 Å². The zero-order valence-corrected chi connectivity index (χ0v) is 19.4. The molecule has 0 aromatic heterocycles. The van der Waals surface area contributed by atoms with Crippen molar-refractivity contribution < 1.29 is 9.53 Å². The average molecular weight is 439 g/mol. The van der Waals surface area contributed by atoms with Crippen molar-refractivity contribution in [1.29, 1.82) is 0 Å². The number of benzene rings is 1. The maximum atomic E-state index is 13.6. The van der Waals surface area contributed by atoms with Crippen LogP contribution in [0.15, 0.2) is 36.7 Å². The molecule has 2 amide bonds. The summed E-state index contributed by atoms with van der Waals surface area (Å²) in [5.41, 5.74) is 0.991. The van der Waals surface area contributed by atoms with Crippen molar-refractivity contribution in [2.24, 2.45) is 0 Å². The zero-order chi connectivity index (χ0) is 21.9. The highest BCUT2D eigenvalue weighted by Gasteiger charge is 2.37. The third-order valence-electron chi connectivity index (χ3n) is 7.87. The first kappa shape index (κ1) is 21.5. The fourth-order valence-corrected chi connectivity index (χ4v) is 5.97. The molecule has 3 fully saturated rings. The first-order valence-corrected chi connectivity index (χ1v) is 12.7. The Labute approximate surface area is 192 Å². The Hall–Kier alpha value is -2.37. The van der Waals surface area contributed by atoms with E-state index in [1.165, 1.54) is 25.7 Å². The van der Waals surface area contributed by atoms with Crippen molar-refractivity contribution in [2.75, 3.05) is 24.5 Å². The molecule has 4 aliphatic rings. The number of carbonyl (C=O) groups is 1. The lowest BCUT2D eigenvalue weighted by atomic mass is 9.88. The van der Waals surface area contributed by atoms with E-state index in [2.05, 4.69) is 46.6 Å². The minimum atomic E-state index is 0.179. The summed E-state index contributed by atoms with van der Waals surface area (Å²) in [5.74, 6) is 0.926. The number of anilines is 1. The van der Waals surface area contributed by atoms with Crippen LogP contribution in [-0.2, 0) is 0 Å². The molecule has 0 spiro atoms. The van der Waals surface area contributed by atoms with Crippen LogP contribution in [0.25, 0.3) is 0 Å². The molecule has 1 aromatic rings. The lowest BCUT2D eigenvalue weighted by Gasteiger charge is -2.46. The molecule has 1 saturated heterocycles. The molecule has 174 valence electrons. The summed E-state index contributed by atoms with van der Waals surface area (Å²) in [7, 11) is 0. The van der Waals surface area contributed by atoms with Gasteiger partial charge < -0.3 is 19.9 Å². The van der Waals surface area contributed by atoms with Crippen molar-refractivity contribution in [3.05, 3.63) is 36.7 Å². The molecule has 2 saturated carbocycles. The molecule has 0 radical (unpaired) electrons. The van der Waals surface area contributed by atoms with E-state index in [4.69, 9.17) is 4.74 Å². The average Bonchev–Trinajstić information content (AvgIpc) is 3.34. The normalized spacial score (nSPS) is 29.3. The Morgan fingerprint density at radius 1 is 0.906 bits per heavy atom. The Morgan fingerprint density at radius 3 is 2.31 bits per heavy atom. The third-order valence-corrected chi connectivity index (χ3v) is 7.87. The molecule has 0 bridgehead atoms. The summed E-state index contributed by atoms with van der Waals surface area (Å²) in [4.78, 5) is 20.2. The Balaban J connectivity index is 1.21. The Morgan fingerprint density at radius 2 is 1.62 bits per heavy atom. The summed E-state index contributed by atoms with van der Waals surface area (Å²) < 4.78 is 6.12. The van der Waals surface area contributed by atoms with Gasteiger partial charge in [0.25, 0.3) is 0 Å². The van der Waals surface area contributed by atoms with E-state index in [0.717, 1.165) is 63.2 Å². The molecule has 6 heteroatoms. The molecule has 1 unspecified atom stereocenters. The molecule has 2 heterocycles. The summed E-state index contributed by atoms with van der Waals surface area (Å²) in [5, 5.41) is 3.28. The third kappa shape index (κ3) is 4.55. The van der Waals surface area contributed by atoms with Crippen molar-refractivity contribution in [3.63, 3.8) is 0 Å². The van der Waals surface area contributed by atoms with E-state index in [9.17, 15) is 4.79 Å². The van der Waals surface area contributed by atoms with Crippen LogP contribution in [-0.4, -0.2) is 59.7 Å². The van der Waals surface area contributed by atoms with E-state index in [1.54, 1.807) is 0 Å². The van der Waals surface area contributed by atoms with E-state index < -0.39 is 0 Å². The number of ether oxygens (including phenoxy) is 1. The van der Waals surface area contributed by atoms with Crippen LogP contribution in [0.1, 0.15) is 64.7 Å². The number of nitrogens with one attached hydrogen (secondary N) is 1. The second-order valence-electron chi connectivity index (χ2n) is 9.97. The van der Waals surface area contributed by atoms with Crippen LogP contribution >= 0.6 is 0 Å². The molecule has 1 N–H and O–H groups in total. The molecule has 6 nitrogen and oxygen atoms in total. The van der Waals surface area contributed by atoms with Gasteiger partial charge in [0.05, 0.1) is 6.10 Å². The van der Waals surface area contributed by atoms with Gasteiger partial charge in [-0.1, -0.05) is 0 Å². The van der Waals surface area contributed by atoms with Crippen molar-refractivity contribution in [1.82, 2.24) is 15.1 Å². The van der Waals surface area contributed by atoms with Crippen LogP contribution in [0.3, 0.4) is 0 Å². The SMILES string of the molecule is CC1CCN(C2CCC(N3C=CNCC3)CC2)C(=O)N1c1ccc(OC2CCCC2)cc1. The fraction of sp³-hybridized carbons (Fsp3) is 0.654. The second-order valence-corrected chi connectivity index (χ2v) is 9.97. The van der Waals surface area contributed by atoms with Gasteiger partial charge in [0.2, 0.25) is 0 Å². The molecule has 1 atom stereocenters. The maximum Gasteiger partial charge on any atom is 0.324 e. The Bertz CT molecular complexity index is 797. The van der Waals surface area contributed by atoms with Crippen LogP contribution in [0, 0.1) is 0 Å². The molecule has 2 aliphatic carbocycles. The van der Waals surface area contributed by atoms with Crippen LogP contribution in [0.2, 0.25) is 0 Å². The number of amides is 2. The predicted molar refractivity (Wildman–Crippen MR) is 128 cm³/mol. The Kier molecular flexibility index (Phi) is 6.47. The van der Waals surface area contributed by atoms with Crippen LogP contribution in [0.5, 0.6) is 5.75 Å². The largest absolute Gasteiger partial charge is 0.490 e. The van der Waals surface area contributed by atoms with Gasteiger partial charge in [-0.05, 0) is 89.0 Å². The number of nitrogens with zero attached hydrogens (tertiary/aromatic N) is 3. The maximum absolute atomic E-state index is 13.6. The molecule has 1 aromatic carbocycles. The van der Waals surface area contributed by atoms with Crippen molar-refractivity contribution in [3.8, 4) is 5.75 Å². The summed E-state index contributed by atoms with van der Waals surface area (Å²) >= 11 is 0. The molecule has 32 heavy (non-hydrogen) atoms. The lowest BCUT2D eigenvalue weighted by molar-refractivity contribution is 0.117. The van der Waals surface area contributed by atoms with Gasteiger partial charge in [0.1, 0.15) is 5.75 Å². The second kappa shape index (κ2) is 9.63. The standard InChI is InChI=1S/C26H38N4O2/c1-20-14-17-29(22-8-6-21(7-9-22)28-18-15-27-16-19-28)26(31)30(20)23-10-12-25(13-11-23)32-24-4-2-3-5-24/h10-13,15,18,20-22,24,27H,2-9,14,16-17,19H2,1H3. The van der Waals surface area contributed by atoms with E-state index in [-0.39, 0.29) is 12.1 Å². The number of rotatable bonds is 5. The quantitative estimate of drug-likeness (QED) is 0.723. The lowest BCUT2D eigenvalue weighted by Crippen LogP contribution is -2.58. The van der Waals surface area contributed by atoms with Crippen LogP contribution < -0.4 is 15.0 Å². The highest BCUT2D eigenvalue weighted by Crippen LogP contribution is 2.33. The van der Waals surface area contributed by atoms with E-state index >= 15 is 0 Å². The van der Waals surface area contributed by atoms with Gasteiger partial charge in [-0.3, -0.25) is 4.90 Å². The molecule has 2 aliphatic heterocycles. The zero-order valence-electron chi connectivity index (χ0n) is 19.4. The molecule has 5 rings (SSSR count). The summed E-state index contributed by atoms with van der Waals surface area (Å²) in [6, 6.07) is 9.60. The molecular weight excluding hydrogens is 400 g/mol. The van der Waals surface area contributed by atoms with Gasteiger partial charge in [0, 0.05) is 55.8 Å². The van der Waals surface area contributed by atoms with Crippen molar-refractivity contribution in [2.45, 2.75) is 88.9 Å². The van der Waals surface area contributed by atoms with Crippen molar-refractivity contribution >= 4 is 11.7 Å².